The highest BCUT2D eigenvalue weighted by molar-refractivity contribution is 6.37. The molecule has 3 aromatic carbocycles. The first-order valence-corrected chi connectivity index (χ1v) is 9.93. The van der Waals surface area contributed by atoms with Crippen molar-refractivity contribution in [1.82, 2.24) is 0 Å². The maximum atomic E-state index is 12.4. The Balaban J connectivity index is 1.60. The lowest BCUT2D eigenvalue weighted by Gasteiger charge is -2.11. The van der Waals surface area contributed by atoms with Gasteiger partial charge in [0.05, 0.1) is 10.6 Å². The van der Waals surface area contributed by atoms with E-state index in [1.165, 1.54) is 6.07 Å². The Labute approximate surface area is 185 Å². The molecule has 154 valence electrons. The third kappa shape index (κ3) is 5.99. The van der Waals surface area contributed by atoms with Gasteiger partial charge in [0.1, 0.15) is 5.75 Å². The number of anilines is 2. The molecule has 0 spiro atoms. The van der Waals surface area contributed by atoms with Crippen LogP contribution in [-0.2, 0) is 4.79 Å². The molecular formula is C23H20Cl2N2O3. The fraction of sp³-hybridized carbons (Fsp3) is 0.130. The molecule has 2 amide bonds. The molecule has 0 saturated heterocycles. The molecule has 30 heavy (non-hydrogen) atoms. The van der Waals surface area contributed by atoms with Gasteiger partial charge in [0.15, 0.2) is 6.61 Å². The van der Waals surface area contributed by atoms with Crippen LogP contribution >= 0.6 is 23.2 Å². The van der Waals surface area contributed by atoms with Crippen molar-refractivity contribution in [2.45, 2.75) is 13.8 Å². The van der Waals surface area contributed by atoms with E-state index in [1.54, 1.807) is 36.4 Å². The van der Waals surface area contributed by atoms with Crippen molar-refractivity contribution in [3.8, 4) is 5.75 Å². The van der Waals surface area contributed by atoms with Crippen molar-refractivity contribution >= 4 is 46.4 Å². The third-order valence-electron chi connectivity index (χ3n) is 4.15. The van der Waals surface area contributed by atoms with Gasteiger partial charge in [0.2, 0.25) is 0 Å². The second kappa shape index (κ2) is 9.65. The molecule has 3 rings (SSSR count). The maximum absolute atomic E-state index is 12.4. The molecule has 0 aliphatic rings. The van der Waals surface area contributed by atoms with Crippen molar-refractivity contribution in [3.05, 3.63) is 87.4 Å². The second-order valence-corrected chi connectivity index (χ2v) is 7.66. The first-order valence-electron chi connectivity index (χ1n) is 9.17. The van der Waals surface area contributed by atoms with E-state index in [1.807, 2.05) is 32.0 Å². The van der Waals surface area contributed by atoms with Crippen LogP contribution in [0.3, 0.4) is 0 Å². The first-order chi connectivity index (χ1) is 14.3. The monoisotopic (exact) mass is 442 g/mol. The normalized spacial score (nSPS) is 10.4. The third-order valence-corrected chi connectivity index (χ3v) is 4.69. The minimum atomic E-state index is -0.377. The highest BCUT2D eigenvalue weighted by atomic mass is 35.5. The van der Waals surface area contributed by atoms with Gasteiger partial charge in [0, 0.05) is 16.4 Å². The molecule has 0 unspecified atom stereocenters. The van der Waals surface area contributed by atoms with Crippen LogP contribution in [0.15, 0.2) is 60.7 Å². The minimum Gasteiger partial charge on any atom is -0.484 e. The Morgan fingerprint density at radius 1 is 0.867 bits per heavy atom. The van der Waals surface area contributed by atoms with Crippen molar-refractivity contribution in [3.63, 3.8) is 0 Å². The summed E-state index contributed by atoms with van der Waals surface area (Å²) in [6, 6.07) is 17.2. The molecule has 0 aromatic heterocycles. The lowest BCUT2D eigenvalue weighted by atomic mass is 10.1. The first kappa shape index (κ1) is 21.7. The number of ether oxygens (including phenoxy) is 1. The van der Waals surface area contributed by atoms with Gasteiger partial charge in [-0.2, -0.15) is 0 Å². The van der Waals surface area contributed by atoms with Gasteiger partial charge in [-0.1, -0.05) is 35.3 Å². The van der Waals surface area contributed by atoms with E-state index in [9.17, 15) is 9.59 Å². The smallest absolute Gasteiger partial charge is 0.262 e. The zero-order valence-electron chi connectivity index (χ0n) is 16.5. The summed E-state index contributed by atoms with van der Waals surface area (Å²) in [5, 5.41) is 6.21. The number of benzene rings is 3. The highest BCUT2D eigenvalue weighted by Gasteiger charge is 2.12. The fourth-order valence-electron chi connectivity index (χ4n) is 2.91. The molecule has 0 aliphatic carbocycles. The molecule has 0 radical (unpaired) electrons. The Kier molecular flexibility index (Phi) is 6.98. The zero-order chi connectivity index (χ0) is 21.7. The number of hydrogen-bond acceptors (Lipinski definition) is 3. The van der Waals surface area contributed by atoms with E-state index in [-0.39, 0.29) is 23.4 Å². The quantitative estimate of drug-likeness (QED) is 0.500. The van der Waals surface area contributed by atoms with E-state index < -0.39 is 0 Å². The lowest BCUT2D eigenvalue weighted by Crippen LogP contribution is -2.20. The minimum absolute atomic E-state index is 0.125. The molecular weight excluding hydrogens is 423 g/mol. The van der Waals surface area contributed by atoms with E-state index in [0.29, 0.717) is 27.7 Å². The molecule has 2 N–H and O–H groups in total. The van der Waals surface area contributed by atoms with Gasteiger partial charge < -0.3 is 15.4 Å². The Morgan fingerprint density at radius 2 is 1.53 bits per heavy atom. The largest absolute Gasteiger partial charge is 0.484 e. The number of aryl methyl sites for hydroxylation is 2. The van der Waals surface area contributed by atoms with Crippen molar-refractivity contribution < 1.29 is 14.3 Å². The molecule has 3 aromatic rings. The summed E-state index contributed by atoms with van der Waals surface area (Å²) in [6.45, 7) is 3.81. The second-order valence-electron chi connectivity index (χ2n) is 6.82. The van der Waals surface area contributed by atoms with Gasteiger partial charge in [-0.25, -0.2) is 0 Å². The van der Waals surface area contributed by atoms with Crippen LogP contribution < -0.4 is 15.4 Å². The number of carbonyl (C=O) groups is 2. The van der Waals surface area contributed by atoms with E-state index in [4.69, 9.17) is 27.9 Å². The summed E-state index contributed by atoms with van der Waals surface area (Å²) >= 11 is 11.9. The Hall–Kier alpha value is -3.02. The summed E-state index contributed by atoms with van der Waals surface area (Å²) in [7, 11) is 0. The van der Waals surface area contributed by atoms with Crippen LogP contribution in [0.25, 0.3) is 0 Å². The highest BCUT2D eigenvalue weighted by Crippen LogP contribution is 2.23. The molecule has 5 nitrogen and oxygen atoms in total. The van der Waals surface area contributed by atoms with Crippen LogP contribution in [0.1, 0.15) is 21.5 Å². The predicted octanol–water partition coefficient (Wildman–Crippen LogP) is 5.88. The summed E-state index contributed by atoms with van der Waals surface area (Å²) in [4.78, 5) is 24.7. The fourth-order valence-corrected chi connectivity index (χ4v) is 3.40. The molecule has 0 bridgehead atoms. The molecule has 7 heteroatoms. The number of nitrogens with one attached hydrogen (secondary N) is 2. The van der Waals surface area contributed by atoms with E-state index >= 15 is 0 Å². The summed E-state index contributed by atoms with van der Waals surface area (Å²) in [5.74, 6) is -0.0415. The van der Waals surface area contributed by atoms with Crippen LogP contribution in [0.2, 0.25) is 10.0 Å². The molecule has 0 atom stereocenters. The van der Waals surface area contributed by atoms with Crippen LogP contribution in [0.5, 0.6) is 5.75 Å². The SMILES string of the molecule is Cc1cc(C)cc(OCC(=O)Nc2cccc(NC(=O)c3ccc(Cl)cc3Cl)c2)c1. The van der Waals surface area contributed by atoms with E-state index in [0.717, 1.165) is 11.1 Å². The number of hydrogen-bond donors (Lipinski definition) is 2. The van der Waals surface area contributed by atoms with E-state index in [2.05, 4.69) is 10.6 Å². The topological polar surface area (TPSA) is 67.4 Å². The number of amides is 2. The number of halogens is 2. The standard InChI is InChI=1S/C23H20Cl2N2O3/c1-14-8-15(2)10-19(9-14)30-13-22(28)26-17-4-3-5-18(12-17)27-23(29)20-7-6-16(24)11-21(20)25/h3-12H,13H2,1-2H3,(H,26,28)(H,27,29). The van der Waals surface area contributed by atoms with Crippen molar-refractivity contribution in [2.24, 2.45) is 0 Å². The van der Waals surface area contributed by atoms with Crippen LogP contribution in [-0.4, -0.2) is 18.4 Å². The van der Waals surface area contributed by atoms with Crippen molar-refractivity contribution in [2.75, 3.05) is 17.2 Å². The molecule has 0 heterocycles. The Bertz CT molecular complexity index is 1080. The molecule has 0 fully saturated rings. The maximum Gasteiger partial charge on any atom is 0.262 e. The predicted molar refractivity (Wildman–Crippen MR) is 121 cm³/mol. The van der Waals surface area contributed by atoms with Gasteiger partial charge in [-0.05, 0) is 73.5 Å². The summed E-state index contributed by atoms with van der Waals surface area (Å²) in [6.07, 6.45) is 0. The lowest BCUT2D eigenvalue weighted by molar-refractivity contribution is -0.118. The van der Waals surface area contributed by atoms with Crippen LogP contribution in [0.4, 0.5) is 11.4 Å². The average Bonchev–Trinajstić information content (AvgIpc) is 2.66. The van der Waals surface area contributed by atoms with Gasteiger partial charge in [0.25, 0.3) is 11.8 Å². The average molecular weight is 443 g/mol. The number of rotatable bonds is 6. The summed E-state index contributed by atoms with van der Waals surface area (Å²) < 4.78 is 5.57. The van der Waals surface area contributed by atoms with Gasteiger partial charge in [-0.3, -0.25) is 9.59 Å². The van der Waals surface area contributed by atoms with Gasteiger partial charge >= 0.3 is 0 Å². The molecule has 0 aliphatic heterocycles. The van der Waals surface area contributed by atoms with Crippen LogP contribution in [0, 0.1) is 13.8 Å². The summed E-state index contributed by atoms with van der Waals surface area (Å²) in [5.41, 5.74) is 3.48. The zero-order valence-corrected chi connectivity index (χ0v) is 18.0. The van der Waals surface area contributed by atoms with Gasteiger partial charge in [-0.15, -0.1) is 0 Å². The van der Waals surface area contributed by atoms with Crippen molar-refractivity contribution in [1.29, 1.82) is 0 Å². The number of carbonyl (C=O) groups excluding carboxylic acids is 2. The Morgan fingerprint density at radius 3 is 2.20 bits per heavy atom. The molecule has 0 saturated carbocycles.